The molecule has 0 N–H and O–H groups in total. The molecule has 31 heavy (non-hydrogen) atoms. The van der Waals surface area contributed by atoms with E-state index >= 15 is 0 Å². The van der Waals surface area contributed by atoms with Crippen molar-refractivity contribution in [2.24, 2.45) is 5.92 Å². The number of piperazine rings is 1. The maximum Gasteiger partial charge on any atom is 0.253 e. The van der Waals surface area contributed by atoms with Crippen LogP contribution >= 0.6 is 0 Å². The summed E-state index contributed by atoms with van der Waals surface area (Å²) in [5.74, 6) is 0.165. The average Bonchev–Trinajstić information content (AvgIpc) is 2.79. The van der Waals surface area contributed by atoms with Gasteiger partial charge in [0.25, 0.3) is 5.91 Å². The van der Waals surface area contributed by atoms with Gasteiger partial charge in [0.05, 0.1) is 5.92 Å². The van der Waals surface area contributed by atoms with Crippen LogP contribution in [-0.4, -0.2) is 65.3 Å². The molecule has 2 aliphatic rings. The molecule has 0 saturated carbocycles. The number of rotatable bonds is 4. The van der Waals surface area contributed by atoms with Gasteiger partial charge in [0.1, 0.15) is 0 Å². The second-order valence-electron chi connectivity index (χ2n) is 9.06. The Balaban J connectivity index is 1.34. The Morgan fingerprint density at radius 1 is 0.935 bits per heavy atom. The zero-order valence-corrected chi connectivity index (χ0v) is 18.7. The molecular formula is C26H33N3O2. The molecule has 0 aliphatic carbocycles. The van der Waals surface area contributed by atoms with Crippen LogP contribution in [0.25, 0.3) is 0 Å². The van der Waals surface area contributed by atoms with Crippen LogP contribution in [0.4, 0.5) is 0 Å². The van der Waals surface area contributed by atoms with Crippen molar-refractivity contribution in [1.29, 1.82) is 0 Å². The van der Waals surface area contributed by atoms with Gasteiger partial charge in [0, 0.05) is 50.9 Å². The Kier molecular flexibility index (Phi) is 6.71. The van der Waals surface area contributed by atoms with Crippen LogP contribution in [0.5, 0.6) is 0 Å². The predicted octanol–water partition coefficient (Wildman–Crippen LogP) is 3.58. The molecule has 0 aromatic heterocycles. The van der Waals surface area contributed by atoms with E-state index in [0.717, 1.165) is 51.1 Å². The monoisotopic (exact) mass is 419 g/mol. The van der Waals surface area contributed by atoms with Gasteiger partial charge in [0.2, 0.25) is 5.91 Å². The molecule has 2 amide bonds. The Morgan fingerprint density at radius 2 is 1.68 bits per heavy atom. The molecule has 2 unspecified atom stereocenters. The maximum atomic E-state index is 13.3. The fourth-order valence-corrected chi connectivity index (χ4v) is 4.82. The van der Waals surface area contributed by atoms with E-state index in [0.29, 0.717) is 12.1 Å². The van der Waals surface area contributed by atoms with E-state index in [1.54, 1.807) is 0 Å². The molecule has 2 aromatic rings. The maximum absolute atomic E-state index is 13.3. The van der Waals surface area contributed by atoms with Gasteiger partial charge in [-0.05, 0) is 44.4 Å². The van der Waals surface area contributed by atoms with Crippen molar-refractivity contribution in [3.8, 4) is 0 Å². The summed E-state index contributed by atoms with van der Waals surface area (Å²) < 4.78 is 0. The molecule has 4 rings (SSSR count). The zero-order valence-electron chi connectivity index (χ0n) is 18.7. The van der Waals surface area contributed by atoms with Gasteiger partial charge >= 0.3 is 0 Å². The van der Waals surface area contributed by atoms with Crippen LogP contribution in [0.15, 0.2) is 54.6 Å². The molecule has 2 fully saturated rings. The molecule has 2 saturated heterocycles. The molecule has 5 heteroatoms. The van der Waals surface area contributed by atoms with Gasteiger partial charge in [-0.2, -0.15) is 0 Å². The van der Waals surface area contributed by atoms with Crippen LogP contribution in [0.2, 0.25) is 0 Å². The Labute approximate surface area is 185 Å². The quantitative estimate of drug-likeness (QED) is 0.761. The number of carbonyl (C=O) groups excluding carboxylic acids is 2. The highest BCUT2D eigenvalue weighted by molar-refractivity contribution is 5.94. The van der Waals surface area contributed by atoms with Crippen molar-refractivity contribution in [3.63, 3.8) is 0 Å². The van der Waals surface area contributed by atoms with E-state index < -0.39 is 0 Å². The van der Waals surface area contributed by atoms with E-state index in [2.05, 4.69) is 36.1 Å². The first kappa shape index (κ1) is 21.6. The minimum atomic E-state index is -0.0914. The van der Waals surface area contributed by atoms with E-state index in [1.165, 1.54) is 5.56 Å². The predicted molar refractivity (Wildman–Crippen MR) is 123 cm³/mol. The summed E-state index contributed by atoms with van der Waals surface area (Å²) >= 11 is 0. The van der Waals surface area contributed by atoms with Gasteiger partial charge in [-0.3, -0.25) is 14.5 Å². The Morgan fingerprint density at radius 3 is 2.39 bits per heavy atom. The number of amides is 2. The third-order valence-electron chi connectivity index (χ3n) is 6.60. The second kappa shape index (κ2) is 9.65. The first-order chi connectivity index (χ1) is 15.0. The summed E-state index contributed by atoms with van der Waals surface area (Å²) in [5, 5.41) is 0. The molecule has 5 nitrogen and oxygen atoms in total. The van der Waals surface area contributed by atoms with Crippen molar-refractivity contribution in [3.05, 3.63) is 71.3 Å². The minimum absolute atomic E-state index is 0.0400. The topological polar surface area (TPSA) is 43.9 Å². The number of benzene rings is 2. The van der Waals surface area contributed by atoms with Gasteiger partial charge in [-0.1, -0.05) is 48.0 Å². The molecule has 0 spiro atoms. The van der Waals surface area contributed by atoms with Crippen LogP contribution in [0.1, 0.15) is 41.3 Å². The first-order valence-electron chi connectivity index (χ1n) is 11.4. The Bertz CT molecular complexity index is 897. The molecule has 2 aliphatic heterocycles. The summed E-state index contributed by atoms with van der Waals surface area (Å²) in [6.07, 6.45) is 1.75. The Hall–Kier alpha value is -2.66. The number of likely N-dealkylation sites (tertiary alicyclic amines) is 1. The van der Waals surface area contributed by atoms with Gasteiger partial charge in [0.15, 0.2) is 0 Å². The fourth-order valence-electron chi connectivity index (χ4n) is 4.82. The zero-order chi connectivity index (χ0) is 21.8. The molecule has 2 atom stereocenters. The largest absolute Gasteiger partial charge is 0.338 e. The van der Waals surface area contributed by atoms with Crippen LogP contribution in [-0.2, 0) is 11.3 Å². The highest BCUT2D eigenvalue weighted by Crippen LogP contribution is 2.23. The first-order valence-corrected chi connectivity index (χ1v) is 11.4. The molecule has 0 radical (unpaired) electrons. The van der Waals surface area contributed by atoms with E-state index in [-0.39, 0.29) is 23.8 Å². The number of aryl methyl sites for hydroxylation is 1. The molecule has 2 heterocycles. The second-order valence-corrected chi connectivity index (χ2v) is 9.06. The fraction of sp³-hybridized carbons (Fsp3) is 0.462. The van der Waals surface area contributed by atoms with Crippen LogP contribution < -0.4 is 0 Å². The lowest BCUT2D eigenvalue weighted by molar-refractivity contribution is -0.141. The highest BCUT2D eigenvalue weighted by atomic mass is 16.2. The highest BCUT2D eigenvalue weighted by Gasteiger charge is 2.35. The summed E-state index contributed by atoms with van der Waals surface area (Å²) in [5.41, 5.74) is 3.16. The van der Waals surface area contributed by atoms with Crippen molar-refractivity contribution in [1.82, 2.24) is 14.7 Å². The smallest absolute Gasteiger partial charge is 0.253 e. The summed E-state index contributed by atoms with van der Waals surface area (Å²) in [7, 11) is 0. The summed E-state index contributed by atoms with van der Waals surface area (Å²) in [6.45, 7) is 8.89. The number of nitrogens with zero attached hydrogens (tertiary/aromatic N) is 3. The number of hydrogen-bond acceptors (Lipinski definition) is 3. The average molecular weight is 420 g/mol. The number of hydrogen-bond donors (Lipinski definition) is 0. The van der Waals surface area contributed by atoms with Gasteiger partial charge < -0.3 is 9.80 Å². The van der Waals surface area contributed by atoms with E-state index in [9.17, 15) is 9.59 Å². The van der Waals surface area contributed by atoms with Crippen molar-refractivity contribution in [2.75, 3.05) is 32.7 Å². The van der Waals surface area contributed by atoms with Crippen LogP contribution in [0.3, 0.4) is 0 Å². The van der Waals surface area contributed by atoms with Gasteiger partial charge in [-0.15, -0.1) is 0 Å². The SMILES string of the molecule is Cc1ccc(C(=O)N2CCCC(C(=O)N3CCN(Cc4ccccc4)CC3C)C2)cc1. The van der Waals surface area contributed by atoms with E-state index in [4.69, 9.17) is 0 Å². The number of carbonyl (C=O) groups is 2. The van der Waals surface area contributed by atoms with Crippen molar-refractivity contribution in [2.45, 2.75) is 39.3 Å². The lowest BCUT2D eigenvalue weighted by Crippen LogP contribution is -2.56. The third-order valence-corrected chi connectivity index (χ3v) is 6.60. The lowest BCUT2D eigenvalue weighted by atomic mass is 9.94. The molecule has 0 bridgehead atoms. The minimum Gasteiger partial charge on any atom is -0.338 e. The normalized spacial score (nSPS) is 22.4. The summed E-state index contributed by atoms with van der Waals surface area (Å²) in [6, 6.07) is 18.4. The summed E-state index contributed by atoms with van der Waals surface area (Å²) in [4.78, 5) is 32.6. The van der Waals surface area contributed by atoms with Crippen LogP contribution in [0, 0.1) is 12.8 Å². The number of piperidine rings is 1. The third kappa shape index (κ3) is 5.16. The van der Waals surface area contributed by atoms with E-state index in [1.807, 2.05) is 47.1 Å². The molecule has 2 aromatic carbocycles. The standard InChI is InChI=1S/C26H33N3O2/c1-20-10-12-23(13-11-20)25(30)28-14-6-9-24(19-28)26(31)29-16-15-27(17-21(29)2)18-22-7-4-3-5-8-22/h3-5,7-8,10-13,21,24H,6,9,14-19H2,1-2H3. The van der Waals surface area contributed by atoms with Crippen molar-refractivity contribution < 1.29 is 9.59 Å². The van der Waals surface area contributed by atoms with Gasteiger partial charge in [-0.25, -0.2) is 0 Å². The molecule has 164 valence electrons. The van der Waals surface area contributed by atoms with Crippen molar-refractivity contribution >= 4 is 11.8 Å². The molecular weight excluding hydrogens is 386 g/mol. The lowest BCUT2D eigenvalue weighted by Gasteiger charge is -2.42.